The Bertz CT molecular complexity index is 1690. The van der Waals surface area contributed by atoms with Crippen LogP contribution in [0.3, 0.4) is 0 Å². The molecular weight excluding hydrogens is 635 g/mol. The lowest BCUT2D eigenvalue weighted by Crippen LogP contribution is -2.43. The lowest BCUT2D eigenvalue weighted by atomic mass is 9.94. The molecule has 268 valence electrons. The van der Waals surface area contributed by atoms with Crippen molar-refractivity contribution in [1.29, 1.82) is 0 Å². The summed E-state index contributed by atoms with van der Waals surface area (Å²) in [6, 6.07) is 28.6. The number of hydrogen-bond acceptors (Lipinski definition) is 5. The zero-order valence-corrected chi connectivity index (χ0v) is 30.6. The maximum Gasteiger partial charge on any atom is 0.410 e. The molecule has 0 atom stereocenters. The summed E-state index contributed by atoms with van der Waals surface area (Å²) >= 11 is 0. The number of carbonyl (C=O) groups excluding carboxylic acids is 2. The van der Waals surface area contributed by atoms with E-state index in [9.17, 15) is 9.59 Å². The quantitative estimate of drug-likeness (QED) is 0.157. The Kier molecular flexibility index (Phi) is 12.1. The summed E-state index contributed by atoms with van der Waals surface area (Å²) in [5, 5.41) is 0. The van der Waals surface area contributed by atoms with E-state index >= 15 is 0 Å². The van der Waals surface area contributed by atoms with Crippen LogP contribution in [0.2, 0.25) is 0 Å². The summed E-state index contributed by atoms with van der Waals surface area (Å²) in [4.78, 5) is 35.2. The Hall–Kier alpha value is -4.65. The van der Waals surface area contributed by atoms with E-state index in [1.807, 2.05) is 73.2 Å². The van der Waals surface area contributed by atoms with Crippen molar-refractivity contribution in [3.63, 3.8) is 0 Å². The molecule has 2 aliphatic carbocycles. The van der Waals surface area contributed by atoms with Crippen LogP contribution in [0.15, 0.2) is 97.3 Å². The first kappa shape index (κ1) is 36.2. The molecule has 0 aliphatic heterocycles. The van der Waals surface area contributed by atoms with Gasteiger partial charge >= 0.3 is 6.09 Å². The molecule has 1 aromatic heterocycles. The third-order valence-electron chi connectivity index (χ3n) is 9.95. The minimum atomic E-state index is -0.530. The largest absolute Gasteiger partial charge is 0.490 e. The minimum Gasteiger partial charge on any atom is -0.490 e. The lowest BCUT2D eigenvalue weighted by Gasteiger charge is -2.35. The summed E-state index contributed by atoms with van der Waals surface area (Å²) in [6.45, 7) is 7.23. The predicted molar refractivity (Wildman–Crippen MR) is 202 cm³/mol. The van der Waals surface area contributed by atoms with E-state index in [0.717, 1.165) is 72.1 Å². The van der Waals surface area contributed by atoms with Gasteiger partial charge in [0.1, 0.15) is 11.4 Å². The molecular formula is C44H53N3O4. The Balaban J connectivity index is 1.12. The molecule has 2 fully saturated rings. The van der Waals surface area contributed by atoms with E-state index in [0.29, 0.717) is 25.2 Å². The lowest BCUT2D eigenvalue weighted by molar-refractivity contribution is 0.00987. The van der Waals surface area contributed by atoms with E-state index in [4.69, 9.17) is 9.47 Å². The Morgan fingerprint density at radius 2 is 1.25 bits per heavy atom. The van der Waals surface area contributed by atoms with Gasteiger partial charge in [-0.05, 0) is 117 Å². The van der Waals surface area contributed by atoms with Gasteiger partial charge in [0.15, 0.2) is 0 Å². The number of hydrogen-bond donors (Lipinski definition) is 0. The molecule has 0 saturated heterocycles. The van der Waals surface area contributed by atoms with Gasteiger partial charge in [0.2, 0.25) is 0 Å². The first-order valence-corrected chi connectivity index (χ1v) is 18.8. The predicted octanol–water partition coefficient (Wildman–Crippen LogP) is 10.4. The van der Waals surface area contributed by atoms with Crippen molar-refractivity contribution in [2.24, 2.45) is 0 Å². The van der Waals surface area contributed by atoms with Gasteiger partial charge in [0.05, 0.1) is 6.10 Å². The number of pyridine rings is 1. The smallest absolute Gasteiger partial charge is 0.410 e. The van der Waals surface area contributed by atoms with Crippen LogP contribution in [-0.2, 0) is 24.4 Å². The molecule has 2 saturated carbocycles. The fraction of sp³-hybridized carbons (Fsp3) is 0.432. The van der Waals surface area contributed by atoms with Gasteiger partial charge in [0, 0.05) is 43.6 Å². The molecule has 3 aromatic carbocycles. The van der Waals surface area contributed by atoms with Gasteiger partial charge in [-0.3, -0.25) is 9.78 Å². The van der Waals surface area contributed by atoms with Gasteiger partial charge in [-0.15, -0.1) is 0 Å². The molecule has 7 heteroatoms. The van der Waals surface area contributed by atoms with Gasteiger partial charge in [0.25, 0.3) is 5.91 Å². The molecule has 6 rings (SSSR count). The molecule has 7 nitrogen and oxygen atoms in total. The number of amides is 2. The molecule has 0 bridgehead atoms. The van der Waals surface area contributed by atoms with Crippen molar-refractivity contribution in [2.45, 2.75) is 122 Å². The Morgan fingerprint density at radius 3 is 1.82 bits per heavy atom. The highest BCUT2D eigenvalue weighted by atomic mass is 16.6. The third kappa shape index (κ3) is 10.4. The highest BCUT2D eigenvalue weighted by molar-refractivity contribution is 5.94. The van der Waals surface area contributed by atoms with E-state index < -0.39 is 5.60 Å². The van der Waals surface area contributed by atoms with E-state index in [1.54, 1.807) is 6.20 Å². The Labute approximate surface area is 304 Å². The Morgan fingerprint density at radius 1 is 0.686 bits per heavy atom. The highest BCUT2D eigenvalue weighted by Gasteiger charge is 2.29. The molecule has 0 N–H and O–H groups in total. The summed E-state index contributed by atoms with van der Waals surface area (Å²) in [6.07, 6.45) is 15.1. The molecule has 2 amide bonds. The van der Waals surface area contributed by atoms with Crippen LogP contribution in [0.5, 0.6) is 5.75 Å². The molecule has 1 heterocycles. The van der Waals surface area contributed by atoms with E-state index in [1.165, 1.54) is 25.7 Å². The van der Waals surface area contributed by atoms with Crippen molar-refractivity contribution in [3.8, 4) is 16.9 Å². The zero-order valence-electron chi connectivity index (χ0n) is 30.6. The summed E-state index contributed by atoms with van der Waals surface area (Å²) in [5.74, 6) is 0.793. The third-order valence-corrected chi connectivity index (χ3v) is 9.95. The minimum absolute atomic E-state index is 0.0311. The van der Waals surface area contributed by atoms with Crippen molar-refractivity contribution in [3.05, 3.63) is 120 Å². The SMILES string of the molecule is CC(C)(C)OC(=O)N(Cc1ccc(-c2ccc(CN(Cc3cccnc3)C(=O)c3ccc(OC4CCCCC4)cc3)cc2)cc1)C1CCCCC1. The van der Waals surface area contributed by atoms with Crippen molar-refractivity contribution in [1.82, 2.24) is 14.8 Å². The summed E-state index contributed by atoms with van der Waals surface area (Å²) in [5.41, 5.74) is 5.42. The summed E-state index contributed by atoms with van der Waals surface area (Å²) in [7, 11) is 0. The second-order valence-electron chi connectivity index (χ2n) is 15.2. The number of nitrogens with zero attached hydrogens (tertiary/aromatic N) is 3. The molecule has 51 heavy (non-hydrogen) atoms. The topological polar surface area (TPSA) is 72.0 Å². The average Bonchev–Trinajstić information content (AvgIpc) is 3.15. The second-order valence-corrected chi connectivity index (χ2v) is 15.2. The first-order valence-electron chi connectivity index (χ1n) is 18.8. The van der Waals surface area contributed by atoms with Crippen LogP contribution in [0.4, 0.5) is 4.79 Å². The number of aromatic nitrogens is 1. The maximum absolute atomic E-state index is 13.9. The van der Waals surface area contributed by atoms with Crippen LogP contribution in [0.1, 0.15) is 112 Å². The fourth-order valence-electron chi connectivity index (χ4n) is 7.22. The van der Waals surface area contributed by atoms with Crippen molar-refractivity contribution >= 4 is 12.0 Å². The van der Waals surface area contributed by atoms with Crippen molar-refractivity contribution < 1.29 is 19.1 Å². The number of carbonyl (C=O) groups is 2. The van der Waals surface area contributed by atoms with Crippen molar-refractivity contribution in [2.75, 3.05) is 0 Å². The van der Waals surface area contributed by atoms with E-state index in [2.05, 4.69) is 53.5 Å². The molecule has 0 spiro atoms. The van der Waals surface area contributed by atoms with Crippen LogP contribution in [0, 0.1) is 0 Å². The number of benzene rings is 3. The average molecular weight is 688 g/mol. The zero-order chi connectivity index (χ0) is 35.6. The fourth-order valence-corrected chi connectivity index (χ4v) is 7.22. The van der Waals surface area contributed by atoms with Crippen LogP contribution < -0.4 is 4.74 Å². The first-order chi connectivity index (χ1) is 24.7. The van der Waals surface area contributed by atoms with Gasteiger partial charge in [-0.1, -0.05) is 80.3 Å². The normalized spacial score (nSPS) is 15.6. The van der Waals surface area contributed by atoms with Gasteiger partial charge in [-0.2, -0.15) is 0 Å². The summed E-state index contributed by atoms with van der Waals surface area (Å²) < 4.78 is 12.0. The van der Waals surface area contributed by atoms with Gasteiger partial charge in [-0.25, -0.2) is 4.79 Å². The number of ether oxygens (including phenoxy) is 2. The standard InChI is InChI=1S/C44H53N3O4/c1-44(2,3)51-43(49)47(39-12-6-4-7-13-39)32-34-18-22-37(23-19-34)36-20-16-33(17-21-36)30-46(31-35-11-10-28-45-29-35)42(48)38-24-26-41(27-25-38)50-40-14-8-5-9-15-40/h10-11,16-29,39-40H,4-9,12-15,30-32H2,1-3H3. The maximum atomic E-state index is 13.9. The molecule has 0 radical (unpaired) electrons. The second kappa shape index (κ2) is 17.0. The molecule has 2 aliphatic rings. The number of rotatable bonds is 11. The van der Waals surface area contributed by atoms with Crippen LogP contribution >= 0.6 is 0 Å². The van der Waals surface area contributed by atoms with E-state index in [-0.39, 0.29) is 24.1 Å². The highest BCUT2D eigenvalue weighted by Crippen LogP contribution is 2.28. The van der Waals surface area contributed by atoms with Crippen LogP contribution in [-0.4, -0.2) is 44.5 Å². The molecule has 0 unspecified atom stereocenters. The monoisotopic (exact) mass is 687 g/mol. The van der Waals surface area contributed by atoms with Gasteiger partial charge < -0.3 is 19.3 Å². The van der Waals surface area contributed by atoms with Crippen LogP contribution in [0.25, 0.3) is 11.1 Å². The molecule has 4 aromatic rings.